The van der Waals surface area contributed by atoms with Gasteiger partial charge < -0.3 is 4.98 Å². The Hall–Kier alpha value is -2.58. The molecule has 0 saturated carbocycles. The summed E-state index contributed by atoms with van der Waals surface area (Å²) in [4.78, 5) is 12.4. The van der Waals surface area contributed by atoms with Crippen molar-refractivity contribution in [2.75, 3.05) is 0 Å². The van der Waals surface area contributed by atoms with Crippen molar-refractivity contribution in [3.8, 4) is 0 Å². The molecule has 0 atom stereocenters. The molecule has 4 heteroatoms. The molecule has 0 spiro atoms. The smallest absolute Gasteiger partial charge is 0.380 e. The number of fused-ring (bicyclic) bond motifs is 7. The van der Waals surface area contributed by atoms with Crippen molar-refractivity contribution in [1.29, 1.82) is 0 Å². The number of aromatic amines is 1. The fourth-order valence-electron chi connectivity index (χ4n) is 2.36. The van der Waals surface area contributed by atoms with Crippen LogP contribution in [0.1, 0.15) is 22.8 Å². The third-order valence-corrected chi connectivity index (χ3v) is 3.50. The quantitative estimate of drug-likeness (QED) is 0.374. The molecule has 0 radical (unpaired) electrons. The normalized spacial score (nSPS) is 11.5. The first kappa shape index (κ1) is 16.3. The first-order chi connectivity index (χ1) is 11.4. The summed E-state index contributed by atoms with van der Waals surface area (Å²) < 4.78 is 0. The number of nitrogens with one attached hydrogen (secondary N) is 1. The SMILES string of the molecule is [Zn+2].[c-]1cc[c-]c2ccc(ccc3nc(c4nc(cc1)C=C4)C=C3)[nH]2. The minimum absolute atomic E-state index is 0. The van der Waals surface area contributed by atoms with E-state index in [2.05, 4.69) is 27.1 Å². The molecule has 0 unspecified atom stereocenters. The van der Waals surface area contributed by atoms with Crippen LogP contribution in [0.15, 0.2) is 48.5 Å². The van der Waals surface area contributed by atoms with E-state index in [0.29, 0.717) is 0 Å². The first-order valence-electron chi connectivity index (χ1n) is 7.36. The Morgan fingerprint density at radius 2 is 1.42 bits per heavy atom. The van der Waals surface area contributed by atoms with Gasteiger partial charge in [0.15, 0.2) is 0 Å². The van der Waals surface area contributed by atoms with Gasteiger partial charge in [0, 0.05) is 11.2 Å². The van der Waals surface area contributed by atoms with Crippen LogP contribution in [-0.2, 0) is 19.5 Å². The van der Waals surface area contributed by atoms with Crippen LogP contribution in [-0.4, -0.2) is 15.0 Å². The van der Waals surface area contributed by atoms with Crippen molar-refractivity contribution >= 4 is 35.3 Å². The van der Waals surface area contributed by atoms with Gasteiger partial charge in [0.1, 0.15) is 0 Å². The molecule has 2 aromatic heterocycles. The second kappa shape index (κ2) is 7.33. The molecule has 0 aromatic carbocycles. The van der Waals surface area contributed by atoms with E-state index in [1.807, 2.05) is 72.8 Å². The number of rotatable bonds is 0. The van der Waals surface area contributed by atoms with Gasteiger partial charge in [0.25, 0.3) is 0 Å². The van der Waals surface area contributed by atoms with Crippen LogP contribution in [0.2, 0.25) is 0 Å². The van der Waals surface area contributed by atoms with E-state index in [1.165, 1.54) is 0 Å². The van der Waals surface area contributed by atoms with Crippen LogP contribution in [0.4, 0.5) is 0 Å². The third kappa shape index (κ3) is 3.66. The van der Waals surface area contributed by atoms with Crippen molar-refractivity contribution in [2.24, 2.45) is 0 Å². The predicted octanol–water partition coefficient (Wildman–Crippen LogP) is 4.33. The van der Waals surface area contributed by atoms with Crippen LogP contribution in [0, 0.1) is 12.1 Å². The molecule has 1 N–H and O–H groups in total. The van der Waals surface area contributed by atoms with E-state index in [-0.39, 0.29) is 19.5 Å². The van der Waals surface area contributed by atoms with Gasteiger partial charge in [-0.2, -0.15) is 6.07 Å². The third-order valence-electron chi connectivity index (χ3n) is 3.50. The average Bonchev–Trinajstić information content (AvgIpc) is 3.27. The number of H-pyrrole nitrogens is 1. The van der Waals surface area contributed by atoms with E-state index in [9.17, 15) is 0 Å². The summed E-state index contributed by atoms with van der Waals surface area (Å²) in [6.45, 7) is 0. The summed E-state index contributed by atoms with van der Waals surface area (Å²) in [5, 5.41) is 0. The van der Waals surface area contributed by atoms with E-state index in [4.69, 9.17) is 0 Å². The summed E-state index contributed by atoms with van der Waals surface area (Å²) in [7, 11) is 0. The molecule has 4 heterocycles. The van der Waals surface area contributed by atoms with Gasteiger partial charge in [-0.1, -0.05) is 11.6 Å². The largest absolute Gasteiger partial charge is 2.00 e. The van der Waals surface area contributed by atoms with Crippen LogP contribution in [0.3, 0.4) is 0 Å². The van der Waals surface area contributed by atoms with Crippen molar-refractivity contribution in [3.63, 3.8) is 0 Å². The van der Waals surface area contributed by atoms with E-state index in [1.54, 1.807) is 0 Å². The van der Waals surface area contributed by atoms with Crippen molar-refractivity contribution in [2.45, 2.75) is 0 Å². The van der Waals surface area contributed by atoms with Crippen molar-refractivity contribution in [3.05, 3.63) is 83.4 Å². The summed E-state index contributed by atoms with van der Waals surface area (Å²) >= 11 is 0. The zero-order valence-corrected chi connectivity index (χ0v) is 16.0. The number of hydrogen-bond acceptors (Lipinski definition) is 2. The second-order valence-electron chi connectivity index (χ2n) is 5.15. The molecule has 24 heavy (non-hydrogen) atoms. The van der Waals surface area contributed by atoms with Gasteiger partial charge in [0.05, 0.1) is 17.1 Å². The van der Waals surface area contributed by atoms with Gasteiger partial charge >= 0.3 is 19.5 Å². The molecule has 4 rings (SSSR count). The zero-order valence-electron chi connectivity index (χ0n) is 13.0. The van der Waals surface area contributed by atoms with E-state index in [0.717, 1.165) is 33.8 Å². The number of aromatic nitrogens is 3. The van der Waals surface area contributed by atoms with Gasteiger partial charge in [0.2, 0.25) is 0 Å². The number of hydrogen-bond donors (Lipinski definition) is 1. The summed E-state index contributed by atoms with van der Waals surface area (Å²) in [5.74, 6) is 0. The monoisotopic (exact) mass is 359 g/mol. The zero-order chi connectivity index (χ0) is 15.5. The summed E-state index contributed by atoms with van der Waals surface area (Å²) in [6, 6.07) is 21.6. The van der Waals surface area contributed by atoms with Gasteiger partial charge in [-0.15, -0.1) is 12.1 Å². The molecular formula is C20H13N3Zn. The Bertz CT molecular complexity index is 985. The molecule has 0 amide bonds. The topological polar surface area (TPSA) is 41.6 Å². The van der Waals surface area contributed by atoms with Crippen LogP contribution >= 0.6 is 0 Å². The maximum atomic E-state index is 4.60. The Morgan fingerprint density at radius 3 is 2.21 bits per heavy atom. The molecule has 0 aliphatic carbocycles. The van der Waals surface area contributed by atoms with Crippen LogP contribution in [0.25, 0.3) is 35.3 Å². The maximum Gasteiger partial charge on any atom is 2.00 e. The van der Waals surface area contributed by atoms with Gasteiger partial charge in [-0.05, 0) is 36.4 Å². The standard InChI is InChI=1S/C20H13N3.Zn/c1-2-4-6-16-11-13-19(22-16)20-14-12-18(23-20)10-9-17-8-7-15(21-17)5-3-1;/h1,3-4,6-14,21H;/q-2;+2. The molecular weight excluding hydrogens is 348 g/mol. The van der Waals surface area contributed by atoms with Gasteiger partial charge in [-0.25, -0.2) is 11.1 Å². The maximum absolute atomic E-state index is 4.60. The molecule has 2 aromatic rings. The molecule has 110 valence electrons. The van der Waals surface area contributed by atoms with E-state index < -0.39 is 0 Å². The van der Waals surface area contributed by atoms with Crippen LogP contribution < -0.4 is 0 Å². The fraction of sp³-hybridized carbons (Fsp3) is 0. The molecule has 3 nitrogen and oxygen atoms in total. The Balaban J connectivity index is 0.00000169. The van der Waals surface area contributed by atoms with Crippen molar-refractivity contribution in [1.82, 2.24) is 15.0 Å². The molecule has 2 aliphatic heterocycles. The minimum Gasteiger partial charge on any atom is -0.380 e. The van der Waals surface area contributed by atoms with E-state index >= 15 is 0 Å². The summed E-state index contributed by atoms with van der Waals surface area (Å²) in [6.07, 6.45) is 7.93. The Morgan fingerprint density at radius 1 is 0.708 bits per heavy atom. The molecule has 0 saturated heterocycles. The van der Waals surface area contributed by atoms with Gasteiger partial charge in [-0.3, -0.25) is 23.2 Å². The Kier molecular flexibility index (Phi) is 4.97. The molecule has 6 bridgehead atoms. The second-order valence-corrected chi connectivity index (χ2v) is 5.15. The fourth-order valence-corrected chi connectivity index (χ4v) is 2.36. The predicted molar refractivity (Wildman–Crippen MR) is 93.5 cm³/mol. The molecule has 2 aliphatic rings. The minimum atomic E-state index is 0. The molecule has 0 fully saturated rings. The Labute approximate surface area is 153 Å². The van der Waals surface area contributed by atoms with Crippen molar-refractivity contribution < 1.29 is 19.5 Å². The summed E-state index contributed by atoms with van der Waals surface area (Å²) in [5.41, 5.74) is 5.51. The first-order valence-corrected chi connectivity index (χ1v) is 7.36. The van der Waals surface area contributed by atoms with Crippen LogP contribution in [0.5, 0.6) is 0 Å². The number of nitrogens with zero attached hydrogens (tertiary/aromatic N) is 2. The average molecular weight is 361 g/mol.